The van der Waals surface area contributed by atoms with Gasteiger partial charge in [0.2, 0.25) is 0 Å². The Morgan fingerprint density at radius 1 is 1.26 bits per heavy atom. The van der Waals surface area contributed by atoms with Crippen molar-refractivity contribution in [2.24, 2.45) is 0 Å². The van der Waals surface area contributed by atoms with Gasteiger partial charge in [-0.3, -0.25) is 0 Å². The Hall–Kier alpha value is -1.55. The van der Waals surface area contributed by atoms with Crippen molar-refractivity contribution in [3.8, 4) is 5.75 Å². The van der Waals surface area contributed by atoms with Gasteiger partial charge in [0.1, 0.15) is 17.1 Å². The molecule has 4 heteroatoms. The maximum absolute atomic E-state index is 5.90. The first-order chi connectivity index (χ1) is 9.15. The van der Waals surface area contributed by atoms with E-state index in [1.54, 1.807) is 4.90 Å². The van der Waals surface area contributed by atoms with Crippen LogP contribution < -0.4 is 4.74 Å². The minimum atomic E-state index is 0.469. The third-order valence-corrected chi connectivity index (χ3v) is 3.95. The molecule has 0 spiro atoms. The summed E-state index contributed by atoms with van der Waals surface area (Å²) in [5.41, 5.74) is 2.30. The van der Waals surface area contributed by atoms with Crippen molar-refractivity contribution in [1.29, 1.82) is 0 Å². The first-order valence-corrected chi connectivity index (χ1v) is 6.99. The van der Waals surface area contributed by atoms with Crippen molar-refractivity contribution in [1.82, 2.24) is 4.90 Å². The SMILES string of the molecule is CN(C)C(=S)Oc1ccc2oc3c(c2c1)CCCC3. The molecule has 1 aromatic carbocycles. The van der Waals surface area contributed by atoms with Gasteiger partial charge in [-0.05, 0) is 49.7 Å². The second-order valence-electron chi connectivity index (χ2n) is 5.13. The Kier molecular flexibility index (Phi) is 3.19. The molecule has 0 bridgehead atoms. The average molecular weight is 275 g/mol. The summed E-state index contributed by atoms with van der Waals surface area (Å²) in [6.07, 6.45) is 4.62. The fourth-order valence-corrected chi connectivity index (χ4v) is 2.59. The van der Waals surface area contributed by atoms with Crippen LogP contribution in [-0.2, 0) is 12.8 Å². The Labute approximate surface area is 118 Å². The molecular formula is C15H17NO2S. The van der Waals surface area contributed by atoms with Crippen molar-refractivity contribution in [3.63, 3.8) is 0 Å². The Bertz CT molecular complexity index is 630. The predicted molar refractivity (Wildman–Crippen MR) is 79.8 cm³/mol. The number of thiocarbonyl (C=S) groups is 1. The van der Waals surface area contributed by atoms with Crippen LogP contribution in [0.2, 0.25) is 0 Å². The zero-order valence-electron chi connectivity index (χ0n) is 11.2. The highest BCUT2D eigenvalue weighted by atomic mass is 32.1. The van der Waals surface area contributed by atoms with Crippen LogP contribution in [0.1, 0.15) is 24.2 Å². The molecule has 1 heterocycles. The Morgan fingerprint density at radius 2 is 2.05 bits per heavy atom. The number of hydrogen-bond donors (Lipinski definition) is 0. The predicted octanol–water partition coefficient (Wildman–Crippen LogP) is 3.54. The number of nitrogens with zero attached hydrogens (tertiary/aromatic N) is 1. The van der Waals surface area contributed by atoms with E-state index in [0.717, 1.165) is 29.9 Å². The topological polar surface area (TPSA) is 25.6 Å². The lowest BCUT2D eigenvalue weighted by Gasteiger charge is -2.14. The van der Waals surface area contributed by atoms with E-state index in [1.807, 2.05) is 32.3 Å². The summed E-state index contributed by atoms with van der Waals surface area (Å²) in [5.74, 6) is 1.92. The van der Waals surface area contributed by atoms with Gasteiger partial charge in [0.05, 0.1) is 0 Å². The molecule has 3 nitrogen and oxygen atoms in total. The molecule has 2 aromatic rings. The fraction of sp³-hybridized carbons (Fsp3) is 0.400. The van der Waals surface area contributed by atoms with Gasteiger partial charge in [-0.25, -0.2) is 0 Å². The molecule has 0 fully saturated rings. The zero-order chi connectivity index (χ0) is 13.4. The number of furan rings is 1. The lowest BCUT2D eigenvalue weighted by Crippen LogP contribution is -2.24. The van der Waals surface area contributed by atoms with E-state index in [-0.39, 0.29) is 0 Å². The van der Waals surface area contributed by atoms with Gasteiger partial charge in [0, 0.05) is 31.5 Å². The highest BCUT2D eigenvalue weighted by molar-refractivity contribution is 7.80. The molecule has 0 aliphatic heterocycles. The maximum Gasteiger partial charge on any atom is 0.264 e. The quantitative estimate of drug-likeness (QED) is 0.743. The van der Waals surface area contributed by atoms with Crippen LogP contribution in [-0.4, -0.2) is 24.2 Å². The zero-order valence-corrected chi connectivity index (χ0v) is 12.0. The highest BCUT2D eigenvalue weighted by Crippen LogP contribution is 2.33. The van der Waals surface area contributed by atoms with E-state index >= 15 is 0 Å². The van der Waals surface area contributed by atoms with Gasteiger partial charge in [0.25, 0.3) is 5.17 Å². The molecule has 0 amide bonds. The Balaban J connectivity index is 1.98. The van der Waals surface area contributed by atoms with E-state index < -0.39 is 0 Å². The second-order valence-corrected chi connectivity index (χ2v) is 5.48. The van der Waals surface area contributed by atoms with E-state index in [9.17, 15) is 0 Å². The highest BCUT2D eigenvalue weighted by Gasteiger charge is 2.18. The molecule has 19 heavy (non-hydrogen) atoms. The van der Waals surface area contributed by atoms with Gasteiger partial charge in [-0.15, -0.1) is 0 Å². The normalized spacial score (nSPS) is 14.2. The first kappa shape index (κ1) is 12.5. The smallest absolute Gasteiger partial charge is 0.264 e. The molecule has 1 aliphatic carbocycles. The van der Waals surface area contributed by atoms with Gasteiger partial charge in [-0.1, -0.05) is 0 Å². The molecule has 1 aliphatic rings. The van der Waals surface area contributed by atoms with Gasteiger partial charge in [-0.2, -0.15) is 0 Å². The van der Waals surface area contributed by atoms with Crippen LogP contribution in [0.25, 0.3) is 11.0 Å². The van der Waals surface area contributed by atoms with Crippen molar-refractivity contribution in [2.75, 3.05) is 14.1 Å². The standard InChI is InChI=1S/C15H17NO2S/c1-16(2)15(19)17-10-7-8-14-12(9-10)11-5-3-4-6-13(11)18-14/h7-9H,3-6H2,1-2H3. The third kappa shape index (κ3) is 2.32. The largest absolute Gasteiger partial charge is 0.461 e. The average Bonchev–Trinajstić information content (AvgIpc) is 2.76. The van der Waals surface area contributed by atoms with Gasteiger partial charge < -0.3 is 14.1 Å². The summed E-state index contributed by atoms with van der Waals surface area (Å²) < 4.78 is 11.6. The Morgan fingerprint density at radius 3 is 2.84 bits per heavy atom. The van der Waals surface area contributed by atoms with Crippen LogP contribution in [0.3, 0.4) is 0 Å². The summed E-state index contributed by atoms with van der Waals surface area (Å²) in [6.45, 7) is 0. The van der Waals surface area contributed by atoms with Crippen LogP contribution in [0, 0.1) is 0 Å². The lowest BCUT2D eigenvalue weighted by atomic mass is 9.96. The summed E-state index contributed by atoms with van der Waals surface area (Å²) in [7, 11) is 3.75. The van der Waals surface area contributed by atoms with Crippen LogP contribution >= 0.6 is 12.2 Å². The number of rotatable bonds is 1. The lowest BCUT2D eigenvalue weighted by molar-refractivity contribution is 0.449. The van der Waals surface area contributed by atoms with Crippen molar-refractivity contribution in [3.05, 3.63) is 29.5 Å². The molecular weight excluding hydrogens is 258 g/mol. The van der Waals surface area contributed by atoms with E-state index in [4.69, 9.17) is 21.4 Å². The van der Waals surface area contributed by atoms with Crippen molar-refractivity contribution in [2.45, 2.75) is 25.7 Å². The molecule has 100 valence electrons. The monoisotopic (exact) mass is 275 g/mol. The number of fused-ring (bicyclic) bond motifs is 3. The first-order valence-electron chi connectivity index (χ1n) is 6.58. The molecule has 0 radical (unpaired) electrons. The van der Waals surface area contributed by atoms with Crippen LogP contribution in [0.4, 0.5) is 0 Å². The summed E-state index contributed by atoms with van der Waals surface area (Å²) >= 11 is 5.16. The fourth-order valence-electron chi connectivity index (χ4n) is 2.50. The molecule has 0 unspecified atom stereocenters. The summed E-state index contributed by atoms with van der Waals surface area (Å²) in [6, 6.07) is 5.92. The van der Waals surface area contributed by atoms with Gasteiger partial charge in [0.15, 0.2) is 0 Å². The number of benzene rings is 1. The minimum Gasteiger partial charge on any atom is -0.461 e. The molecule has 0 atom stereocenters. The summed E-state index contributed by atoms with van der Waals surface area (Å²) in [4.78, 5) is 1.78. The van der Waals surface area contributed by atoms with Crippen LogP contribution in [0.15, 0.2) is 22.6 Å². The van der Waals surface area contributed by atoms with Crippen LogP contribution in [0.5, 0.6) is 5.75 Å². The third-order valence-electron chi connectivity index (χ3n) is 3.50. The van der Waals surface area contributed by atoms with E-state index in [0.29, 0.717) is 5.17 Å². The molecule has 0 N–H and O–H groups in total. The molecule has 3 rings (SSSR count). The molecule has 1 aromatic heterocycles. The molecule has 0 saturated carbocycles. The minimum absolute atomic E-state index is 0.469. The molecule has 0 saturated heterocycles. The van der Waals surface area contributed by atoms with E-state index in [2.05, 4.69) is 0 Å². The number of hydrogen-bond acceptors (Lipinski definition) is 3. The number of ether oxygens (including phenoxy) is 1. The van der Waals surface area contributed by atoms with Gasteiger partial charge >= 0.3 is 0 Å². The maximum atomic E-state index is 5.90. The summed E-state index contributed by atoms with van der Waals surface area (Å²) in [5, 5.41) is 1.64. The van der Waals surface area contributed by atoms with Crippen molar-refractivity contribution < 1.29 is 9.15 Å². The second kappa shape index (κ2) is 4.85. The number of aryl methyl sites for hydroxylation is 2. The van der Waals surface area contributed by atoms with Crippen molar-refractivity contribution >= 4 is 28.4 Å². The van der Waals surface area contributed by atoms with E-state index in [1.165, 1.54) is 23.8 Å².